The lowest BCUT2D eigenvalue weighted by Gasteiger charge is -2.21. The summed E-state index contributed by atoms with van der Waals surface area (Å²) in [5.74, 6) is 2.55. The van der Waals surface area contributed by atoms with Crippen molar-refractivity contribution in [1.82, 2.24) is 0 Å². The monoisotopic (exact) mass is 202 g/mol. The Morgan fingerprint density at radius 3 is 2.27 bits per heavy atom. The molecule has 0 atom stereocenters. The van der Waals surface area contributed by atoms with Crippen LogP contribution < -0.4 is 10.2 Å². The van der Waals surface area contributed by atoms with Crippen LogP contribution in [0.4, 0.5) is 11.4 Å². The predicted octanol–water partition coefficient (Wildman–Crippen LogP) is 2.58. The largest absolute Gasteiger partial charge is 0.374 e. The molecule has 0 unspecified atom stereocenters. The second kappa shape index (κ2) is 5.98. The topological polar surface area (TPSA) is 15.3 Å². The quantitative estimate of drug-likeness (QED) is 0.738. The van der Waals surface area contributed by atoms with Gasteiger partial charge in [0.25, 0.3) is 0 Å². The number of hydrogen-bond acceptors (Lipinski definition) is 2. The van der Waals surface area contributed by atoms with E-state index in [1.165, 1.54) is 5.69 Å². The number of terminal acetylenes is 1. The molecular weight excluding hydrogens is 184 g/mol. The average molecular weight is 202 g/mol. The van der Waals surface area contributed by atoms with Gasteiger partial charge in [-0.2, -0.15) is 0 Å². The molecule has 0 fully saturated rings. The maximum atomic E-state index is 5.18. The molecule has 0 spiro atoms. The van der Waals surface area contributed by atoms with Crippen molar-refractivity contribution in [2.24, 2.45) is 0 Å². The van der Waals surface area contributed by atoms with Gasteiger partial charge in [0.05, 0.1) is 6.54 Å². The first-order valence-electron chi connectivity index (χ1n) is 5.34. The van der Waals surface area contributed by atoms with Gasteiger partial charge in [-0.25, -0.2) is 0 Å². The van der Waals surface area contributed by atoms with Gasteiger partial charge in [-0.05, 0) is 38.1 Å². The van der Waals surface area contributed by atoms with Gasteiger partial charge in [0.2, 0.25) is 0 Å². The molecule has 0 heterocycles. The molecule has 2 heteroatoms. The Labute approximate surface area is 92.3 Å². The Morgan fingerprint density at radius 2 is 1.80 bits per heavy atom. The van der Waals surface area contributed by atoms with E-state index in [2.05, 4.69) is 54.3 Å². The zero-order chi connectivity index (χ0) is 11.1. The number of nitrogens with one attached hydrogen (secondary N) is 1. The van der Waals surface area contributed by atoms with E-state index in [9.17, 15) is 0 Å². The summed E-state index contributed by atoms with van der Waals surface area (Å²) >= 11 is 0. The number of benzene rings is 1. The molecule has 0 aliphatic carbocycles. The highest BCUT2D eigenvalue weighted by Gasteiger charge is 2.00. The Morgan fingerprint density at radius 1 is 1.20 bits per heavy atom. The van der Waals surface area contributed by atoms with Crippen LogP contribution in [0, 0.1) is 12.3 Å². The van der Waals surface area contributed by atoms with E-state index in [4.69, 9.17) is 6.42 Å². The molecule has 0 saturated carbocycles. The first-order valence-corrected chi connectivity index (χ1v) is 5.34. The molecule has 2 nitrogen and oxygen atoms in total. The van der Waals surface area contributed by atoms with Gasteiger partial charge in [0, 0.05) is 24.5 Å². The molecular formula is C13H18N2. The van der Waals surface area contributed by atoms with Crippen molar-refractivity contribution in [1.29, 1.82) is 0 Å². The van der Waals surface area contributed by atoms with Gasteiger partial charge >= 0.3 is 0 Å². The van der Waals surface area contributed by atoms with Gasteiger partial charge in [0.15, 0.2) is 0 Å². The van der Waals surface area contributed by atoms with Gasteiger partial charge in [0.1, 0.15) is 0 Å². The Hall–Kier alpha value is -1.62. The zero-order valence-corrected chi connectivity index (χ0v) is 9.46. The third-order valence-electron chi connectivity index (χ3n) is 2.39. The minimum absolute atomic E-state index is 0.574. The highest BCUT2D eigenvalue weighted by Crippen LogP contribution is 2.17. The molecule has 0 amide bonds. The van der Waals surface area contributed by atoms with Crippen LogP contribution in [0.15, 0.2) is 24.3 Å². The van der Waals surface area contributed by atoms with Gasteiger partial charge in [-0.15, -0.1) is 6.42 Å². The summed E-state index contributed by atoms with van der Waals surface area (Å²) in [4.78, 5) is 2.31. The SMILES string of the molecule is C#CCNc1ccc(N(CC)CC)cc1. The molecule has 0 bridgehead atoms. The van der Waals surface area contributed by atoms with Crippen LogP contribution in [0.25, 0.3) is 0 Å². The van der Waals surface area contributed by atoms with Crippen LogP contribution in [0.1, 0.15) is 13.8 Å². The van der Waals surface area contributed by atoms with E-state index >= 15 is 0 Å². The molecule has 0 radical (unpaired) electrons. The average Bonchev–Trinajstić information content (AvgIpc) is 2.29. The summed E-state index contributed by atoms with van der Waals surface area (Å²) < 4.78 is 0. The summed E-state index contributed by atoms with van der Waals surface area (Å²) in [5, 5.41) is 3.14. The smallest absolute Gasteiger partial charge is 0.0763 e. The third-order valence-corrected chi connectivity index (χ3v) is 2.39. The maximum absolute atomic E-state index is 5.18. The molecule has 0 saturated heterocycles. The normalized spacial score (nSPS) is 9.40. The second-order valence-electron chi connectivity index (χ2n) is 3.28. The van der Waals surface area contributed by atoms with Crippen molar-refractivity contribution in [3.63, 3.8) is 0 Å². The van der Waals surface area contributed by atoms with Crippen molar-refractivity contribution in [3.05, 3.63) is 24.3 Å². The van der Waals surface area contributed by atoms with Crippen LogP contribution in [-0.2, 0) is 0 Å². The Balaban J connectivity index is 2.67. The van der Waals surface area contributed by atoms with Crippen LogP contribution in [-0.4, -0.2) is 19.6 Å². The fourth-order valence-electron chi connectivity index (χ4n) is 1.53. The number of anilines is 2. The van der Waals surface area contributed by atoms with Gasteiger partial charge < -0.3 is 10.2 Å². The molecule has 1 aromatic carbocycles. The fraction of sp³-hybridized carbons (Fsp3) is 0.385. The zero-order valence-electron chi connectivity index (χ0n) is 9.46. The predicted molar refractivity (Wildman–Crippen MR) is 67.3 cm³/mol. The first-order chi connectivity index (χ1) is 7.31. The first kappa shape index (κ1) is 11.5. The summed E-state index contributed by atoms with van der Waals surface area (Å²) in [6.07, 6.45) is 5.18. The van der Waals surface area contributed by atoms with Crippen LogP contribution in [0.3, 0.4) is 0 Å². The van der Waals surface area contributed by atoms with Crippen molar-refractivity contribution < 1.29 is 0 Å². The van der Waals surface area contributed by atoms with Crippen molar-refractivity contribution in [2.75, 3.05) is 29.9 Å². The fourth-order valence-corrected chi connectivity index (χ4v) is 1.53. The standard InChI is InChI=1S/C13H18N2/c1-4-11-14-12-7-9-13(10-8-12)15(5-2)6-3/h1,7-10,14H,5-6,11H2,2-3H3. The summed E-state index contributed by atoms with van der Waals surface area (Å²) in [5.41, 5.74) is 2.33. The number of hydrogen-bond donors (Lipinski definition) is 1. The molecule has 15 heavy (non-hydrogen) atoms. The van der Waals surface area contributed by atoms with Crippen LogP contribution in [0.2, 0.25) is 0 Å². The summed E-state index contributed by atoms with van der Waals surface area (Å²) in [6, 6.07) is 8.35. The molecule has 0 aromatic heterocycles. The van der Waals surface area contributed by atoms with Gasteiger partial charge in [-0.1, -0.05) is 5.92 Å². The minimum Gasteiger partial charge on any atom is -0.374 e. The van der Waals surface area contributed by atoms with E-state index in [-0.39, 0.29) is 0 Å². The highest BCUT2D eigenvalue weighted by molar-refractivity contribution is 5.55. The second-order valence-corrected chi connectivity index (χ2v) is 3.28. The van der Waals surface area contributed by atoms with Crippen molar-refractivity contribution in [2.45, 2.75) is 13.8 Å². The van der Waals surface area contributed by atoms with E-state index in [1.54, 1.807) is 0 Å². The van der Waals surface area contributed by atoms with Crippen LogP contribution in [0.5, 0.6) is 0 Å². The number of rotatable bonds is 5. The van der Waals surface area contributed by atoms with E-state index in [0.717, 1.165) is 18.8 Å². The van der Waals surface area contributed by atoms with E-state index < -0.39 is 0 Å². The number of nitrogens with zero attached hydrogens (tertiary/aromatic N) is 1. The summed E-state index contributed by atoms with van der Waals surface area (Å²) in [7, 11) is 0. The Bertz CT molecular complexity index is 317. The van der Waals surface area contributed by atoms with Gasteiger partial charge in [-0.3, -0.25) is 0 Å². The lowest BCUT2D eigenvalue weighted by Crippen LogP contribution is -2.21. The molecule has 0 aliphatic heterocycles. The summed E-state index contributed by atoms with van der Waals surface area (Å²) in [6.45, 7) is 6.97. The molecule has 80 valence electrons. The molecule has 1 aromatic rings. The third kappa shape index (κ3) is 3.21. The Kier molecular flexibility index (Phi) is 4.56. The van der Waals surface area contributed by atoms with Crippen molar-refractivity contribution >= 4 is 11.4 Å². The maximum Gasteiger partial charge on any atom is 0.0763 e. The lowest BCUT2D eigenvalue weighted by atomic mass is 10.2. The lowest BCUT2D eigenvalue weighted by molar-refractivity contribution is 0.866. The van der Waals surface area contributed by atoms with E-state index in [0.29, 0.717) is 6.54 Å². The highest BCUT2D eigenvalue weighted by atomic mass is 15.1. The molecule has 1 rings (SSSR count). The molecule has 0 aliphatic rings. The minimum atomic E-state index is 0.574. The van der Waals surface area contributed by atoms with E-state index in [1.807, 2.05) is 0 Å². The molecule has 1 N–H and O–H groups in total. The van der Waals surface area contributed by atoms with Crippen molar-refractivity contribution in [3.8, 4) is 12.3 Å². The van der Waals surface area contributed by atoms with Crippen LogP contribution >= 0.6 is 0 Å².